The third-order valence-electron chi connectivity index (χ3n) is 5.33. The molecule has 0 aliphatic carbocycles. The largest absolute Gasteiger partial charge is 0.497 e. The van der Waals surface area contributed by atoms with E-state index in [-0.39, 0.29) is 0 Å². The van der Waals surface area contributed by atoms with Gasteiger partial charge in [-0.15, -0.1) is 0 Å². The van der Waals surface area contributed by atoms with Crippen molar-refractivity contribution < 1.29 is 4.74 Å². The second-order valence-corrected chi connectivity index (χ2v) is 7.16. The van der Waals surface area contributed by atoms with Crippen LogP contribution in [0.3, 0.4) is 0 Å². The molecule has 4 heteroatoms. The van der Waals surface area contributed by atoms with Gasteiger partial charge in [0.2, 0.25) is 0 Å². The minimum absolute atomic E-state index is 0.583. The molecule has 1 aromatic carbocycles. The van der Waals surface area contributed by atoms with Crippen LogP contribution in [0, 0.1) is 6.92 Å². The summed E-state index contributed by atoms with van der Waals surface area (Å²) >= 11 is 6.51. The lowest BCUT2D eigenvalue weighted by molar-refractivity contribution is 0.415. The summed E-state index contributed by atoms with van der Waals surface area (Å²) in [6.07, 6.45) is 5.52. The van der Waals surface area contributed by atoms with Crippen molar-refractivity contribution in [1.82, 2.24) is 9.38 Å². The highest BCUT2D eigenvalue weighted by Gasteiger charge is 2.18. The fourth-order valence-corrected chi connectivity index (χ4v) is 3.92. The Hall–Kier alpha value is -2.00. The van der Waals surface area contributed by atoms with Crippen LogP contribution in [0.4, 0.5) is 0 Å². The van der Waals surface area contributed by atoms with Crippen molar-refractivity contribution >= 4 is 17.2 Å². The maximum absolute atomic E-state index is 6.51. The van der Waals surface area contributed by atoms with Gasteiger partial charge in [-0.25, -0.2) is 4.98 Å². The van der Waals surface area contributed by atoms with Crippen LogP contribution in [-0.4, -0.2) is 16.5 Å². The summed E-state index contributed by atoms with van der Waals surface area (Å²) in [5, 5.41) is 0.661. The highest BCUT2D eigenvalue weighted by molar-refractivity contribution is 6.33. The van der Waals surface area contributed by atoms with Crippen LogP contribution in [0.15, 0.2) is 30.5 Å². The number of rotatable bonds is 6. The number of methoxy groups -OCH3 is 1. The van der Waals surface area contributed by atoms with Crippen LogP contribution in [-0.2, 0) is 6.42 Å². The van der Waals surface area contributed by atoms with Crippen LogP contribution in [0.2, 0.25) is 5.02 Å². The second-order valence-electron chi connectivity index (χ2n) is 6.75. The third-order valence-corrected chi connectivity index (χ3v) is 5.64. The zero-order valence-corrected chi connectivity index (χ0v) is 17.0. The molecule has 0 unspecified atom stereocenters. The topological polar surface area (TPSA) is 26.5 Å². The van der Waals surface area contributed by atoms with Crippen LogP contribution in [0.25, 0.3) is 16.9 Å². The first-order valence-electron chi connectivity index (χ1n) is 9.39. The van der Waals surface area contributed by atoms with E-state index in [2.05, 4.69) is 44.4 Å². The Labute approximate surface area is 161 Å². The van der Waals surface area contributed by atoms with Gasteiger partial charge in [0.1, 0.15) is 11.4 Å². The molecule has 0 saturated carbocycles. The molecular formula is C22H27ClN2O. The van der Waals surface area contributed by atoms with E-state index in [0.29, 0.717) is 10.9 Å². The van der Waals surface area contributed by atoms with Crippen LogP contribution in [0.1, 0.15) is 56.4 Å². The summed E-state index contributed by atoms with van der Waals surface area (Å²) in [7, 11) is 1.65. The van der Waals surface area contributed by atoms with E-state index in [9.17, 15) is 0 Å². The quantitative estimate of drug-likeness (QED) is 0.499. The molecule has 0 fully saturated rings. The monoisotopic (exact) mass is 370 g/mol. The summed E-state index contributed by atoms with van der Waals surface area (Å²) < 4.78 is 7.51. The molecule has 0 spiro atoms. The Morgan fingerprint density at radius 1 is 1.15 bits per heavy atom. The van der Waals surface area contributed by atoms with Crippen LogP contribution >= 0.6 is 11.6 Å². The summed E-state index contributed by atoms with van der Waals surface area (Å²) in [6, 6.07) is 8.10. The number of ether oxygens (including phenoxy) is 1. The number of fused-ring (bicyclic) bond motifs is 1. The molecule has 3 rings (SSSR count). The maximum atomic E-state index is 6.51. The predicted octanol–water partition coefficient (Wildman–Crippen LogP) is 6.44. The van der Waals surface area contributed by atoms with Gasteiger partial charge in [0.25, 0.3) is 0 Å². The SMILES string of the molecule is CCc1cc(C(CC)CC)cn2c(C)c(-c3ccc(OC)cc3Cl)nc12. The van der Waals surface area contributed by atoms with Gasteiger partial charge in [0, 0.05) is 17.5 Å². The smallest absolute Gasteiger partial charge is 0.140 e. The molecule has 0 saturated heterocycles. The molecule has 0 radical (unpaired) electrons. The first-order valence-corrected chi connectivity index (χ1v) is 9.77. The van der Waals surface area contributed by atoms with Crippen LogP contribution in [0.5, 0.6) is 5.75 Å². The number of hydrogen-bond acceptors (Lipinski definition) is 2. The van der Waals surface area contributed by atoms with Gasteiger partial charge in [0.15, 0.2) is 0 Å². The lowest BCUT2D eigenvalue weighted by Gasteiger charge is -2.15. The van der Waals surface area contributed by atoms with E-state index in [1.165, 1.54) is 11.1 Å². The Morgan fingerprint density at radius 3 is 2.46 bits per heavy atom. The average Bonchev–Trinajstić information content (AvgIpc) is 2.98. The molecule has 2 heterocycles. The Balaban J connectivity index is 2.22. The zero-order valence-electron chi connectivity index (χ0n) is 16.3. The number of benzene rings is 1. The van der Waals surface area contributed by atoms with Crippen molar-refractivity contribution in [3.05, 3.63) is 52.3 Å². The predicted molar refractivity (Wildman–Crippen MR) is 110 cm³/mol. The standard InChI is InChI=1S/C22H27ClN2O/c1-6-15(7-2)17-11-16(8-3)22-24-21(14(4)25(22)13-17)19-10-9-18(26-5)12-20(19)23/h9-13,15H,6-8H2,1-5H3. The first kappa shape index (κ1) is 18.8. The molecule has 3 nitrogen and oxygen atoms in total. The summed E-state index contributed by atoms with van der Waals surface area (Å²) in [4.78, 5) is 4.96. The fourth-order valence-electron chi connectivity index (χ4n) is 3.66. The van der Waals surface area contributed by atoms with Gasteiger partial charge in [0.05, 0.1) is 17.8 Å². The molecule has 138 valence electrons. The van der Waals surface area contributed by atoms with Gasteiger partial charge < -0.3 is 9.14 Å². The van der Waals surface area contributed by atoms with Crippen molar-refractivity contribution in [2.45, 2.75) is 52.9 Å². The molecular weight excluding hydrogens is 344 g/mol. The Bertz CT molecular complexity index is 926. The lowest BCUT2D eigenvalue weighted by atomic mass is 9.94. The molecule has 0 aliphatic rings. The Kier molecular flexibility index (Phi) is 5.57. The molecule has 26 heavy (non-hydrogen) atoms. The first-order chi connectivity index (χ1) is 12.5. The highest BCUT2D eigenvalue weighted by atomic mass is 35.5. The number of imidazole rings is 1. The van der Waals surface area contributed by atoms with Crippen molar-refractivity contribution in [1.29, 1.82) is 0 Å². The number of halogens is 1. The van der Waals surface area contributed by atoms with E-state index in [4.69, 9.17) is 21.3 Å². The van der Waals surface area contributed by atoms with Gasteiger partial charge in [-0.2, -0.15) is 0 Å². The third kappa shape index (κ3) is 3.21. The highest BCUT2D eigenvalue weighted by Crippen LogP contribution is 2.34. The normalized spacial score (nSPS) is 11.5. The van der Waals surface area contributed by atoms with E-state index < -0.39 is 0 Å². The summed E-state index contributed by atoms with van der Waals surface area (Å²) in [5.74, 6) is 1.34. The molecule has 0 N–H and O–H groups in total. The molecule has 2 aromatic heterocycles. The number of aryl methyl sites for hydroxylation is 2. The number of nitrogens with zero attached hydrogens (tertiary/aromatic N) is 2. The van der Waals surface area contributed by atoms with E-state index in [0.717, 1.165) is 47.6 Å². The minimum atomic E-state index is 0.583. The molecule has 0 atom stereocenters. The fraction of sp³-hybridized carbons (Fsp3) is 0.409. The molecule has 0 bridgehead atoms. The lowest BCUT2D eigenvalue weighted by Crippen LogP contribution is -2.02. The van der Waals surface area contributed by atoms with Crippen molar-refractivity contribution in [3.63, 3.8) is 0 Å². The van der Waals surface area contributed by atoms with Gasteiger partial charge in [-0.3, -0.25) is 0 Å². The summed E-state index contributed by atoms with van der Waals surface area (Å²) in [6.45, 7) is 8.82. The van der Waals surface area contributed by atoms with Crippen molar-refractivity contribution in [2.75, 3.05) is 7.11 Å². The minimum Gasteiger partial charge on any atom is -0.497 e. The zero-order chi connectivity index (χ0) is 18.8. The van der Waals surface area contributed by atoms with Gasteiger partial charge >= 0.3 is 0 Å². The number of pyridine rings is 1. The number of aromatic nitrogens is 2. The maximum Gasteiger partial charge on any atom is 0.140 e. The molecule has 3 aromatic rings. The van der Waals surface area contributed by atoms with Crippen molar-refractivity contribution in [2.24, 2.45) is 0 Å². The van der Waals surface area contributed by atoms with Crippen LogP contribution < -0.4 is 4.74 Å². The number of hydrogen-bond donors (Lipinski definition) is 0. The van der Waals surface area contributed by atoms with E-state index >= 15 is 0 Å². The van der Waals surface area contributed by atoms with E-state index in [1.54, 1.807) is 7.11 Å². The molecule has 0 amide bonds. The summed E-state index contributed by atoms with van der Waals surface area (Å²) in [5.41, 5.74) is 6.71. The van der Waals surface area contributed by atoms with Crippen molar-refractivity contribution in [3.8, 4) is 17.0 Å². The van der Waals surface area contributed by atoms with Gasteiger partial charge in [-0.05, 0) is 61.4 Å². The Morgan fingerprint density at radius 2 is 1.88 bits per heavy atom. The second kappa shape index (κ2) is 7.71. The average molecular weight is 371 g/mol. The van der Waals surface area contributed by atoms with Gasteiger partial charge in [-0.1, -0.05) is 38.4 Å². The van der Waals surface area contributed by atoms with E-state index in [1.807, 2.05) is 18.2 Å². The molecule has 0 aliphatic heterocycles.